The average Bonchev–Trinajstić information content (AvgIpc) is 2.85. The minimum atomic E-state index is -0.515. The molecule has 0 spiro atoms. The van der Waals surface area contributed by atoms with Gasteiger partial charge in [-0.1, -0.05) is 0 Å². The number of hydrogen-bond donors (Lipinski definition) is 1. The van der Waals surface area contributed by atoms with Crippen LogP contribution in [-0.2, 0) is 4.74 Å². The molecule has 0 radical (unpaired) electrons. The summed E-state index contributed by atoms with van der Waals surface area (Å²) in [5.74, 6) is 1.33. The molecule has 19 heavy (non-hydrogen) atoms. The Morgan fingerprint density at radius 2 is 2.32 bits per heavy atom. The van der Waals surface area contributed by atoms with Crippen molar-refractivity contribution in [3.05, 3.63) is 15.6 Å². The molecule has 2 rings (SSSR count). The fourth-order valence-corrected chi connectivity index (χ4v) is 3.86. The molecule has 1 atom stereocenters. The molecule has 0 aromatic carbocycles. The number of ketones is 1. The monoisotopic (exact) mass is 300 g/mol. The average molecular weight is 300 g/mol. The first-order valence-corrected chi connectivity index (χ1v) is 8.10. The number of carbonyl (C=O) groups excluding carboxylic acids is 2. The van der Waals surface area contributed by atoms with Gasteiger partial charge in [-0.3, -0.25) is 4.79 Å². The zero-order chi connectivity index (χ0) is 13.8. The number of Topliss-reactive ketones (excluding diaryl/α,β-unsaturated/α-hetero) is 1. The number of hydrogen-bond acceptors (Lipinski definition) is 7. The number of ether oxygens (including phenoxy) is 1. The van der Waals surface area contributed by atoms with Crippen molar-refractivity contribution in [1.29, 1.82) is 0 Å². The Morgan fingerprint density at radius 1 is 1.53 bits per heavy atom. The van der Waals surface area contributed by atoms with Crippen molar-refractivity contribution in [2.24, 2.45) is 0 Å². The Kier molecular flexibility index (Phi) is 4.95. The Morgan fingerprint density at radius 3 is 2.89 bits per heavy atom. The molecule has 1 fully saturated rings. The molecule has 1 aliphatic rings. The number of rotatable bonds is 4. The first kappa shape index (κ1) is 14.5. The summed E-state index contributed by atoms with van der Waals surface area (Å²) < 4.78 is 4.95. The van der Waals surface area contributed by atoms with Gasteiger partial charge in [0.15, 0.2) is 11.5 Å². The normalized spacial score (nSPS) is 19.2. The van der Waals surface area contributed by atoms with Crippen LogP contribution < -0.4 is 5.32 Å². The van der Waals surface area contributed by atoms with Gasteiger partial charge in [0.1, 0.15) is 9.88 Å². The largest absolute Gasteiger partial charge is 0.461 e. The van der Waals surface area contributed by atoms with Crippen LogP contribution in [0.4, 0.5) is 0 Å². The molecule has 1 saturated heterocycles. The van der Waals surface area contributed by atoms with Crippen molar-refractivity contribution in [2.45, 2.75) is 19.9 Å². The first-order valence-electron chi connectivity index (χ1n) is 6.13. The van der Waals surface area contributed by atoms with Crippen molar-refractivity contribution in [3.63, 3.8) is 0 Å². The van der Waals surface area contributed by atoms with Crippen LogP contribution in [0, 0.1) is 0 Å². The highest BCUT2D eigenvalue weighted by Crippen LogP contribution is 2.28. The smallest absolute Gasteiger partial charge is 0.358 e. The number of carbonyl (C=O) groups is 2. The predicted molar refractivity (Wildman–Crippen MR) is 76.1 cm³/mol. The van der Waals surface area contributed by atoms with Crippen LogP contribution in [0.15, 0.2) is 0 Å². The fourth-order valence-electron chi connectivity index (χ4n) is 1.79. The second-order valence-electron chi connectivity index (χ2n) is 4.09. The van der Waals surface area contributed by atoms with E-state index in [1.54, 1.807) is 6.92 Å². The molecule has 7 heteroatoms. The standard InChI is InChI=1S/C12H16N2O3S2/c1-3-17-12(16)9-10(7(2)15)19-11(14-9)8-6-18-5-4-13-8/h8,13H,3-6H2,1-2H3. The van der Waals surface area contributed by atoms with Crippen molar-refractivity contribution >= 4 is 34.9 Å². The second-order valence-corrected chi connectivity index (χ2v) is 6.27. The topological polar surface area (TPSA) is 68.3 Å². The zero-order valence-corrected chi connectivity index (χ0v) is 12.5. The maximum atomic E-state index is 11.8. The lowest BCUT2D eigenvalue weighted by molar-refractivity contribution is 0.0517. The minimum absolute atomic E-state index is 0.116. The van der Waals surface area contributed by atoms with Crippen molar-refractivity contribution in [2.75, 3.05) is 24.7 Å². The van der Waals surface area contributed by atoms with Gasteiger partial charge in [-0.2, -0.15) is 11.8 Å². The quantitative estimate of drug-likeness (QED) is 0.676. The molecular formula is C12H16N2O3S2. The summed E-state index contributed by atoms with van der Waals surface area (Å²) in [4.78, 5) is 28.1. The van der Waals surface area contributed by atoms with Gasteiger partial charge >= 0.3 is 5.97 Å². The van der Waals surface area contributed by atoms with Gasteiger partial charge in [0, 0.05) is 25.0 Å². The zero-order valence-electron chi connectivity index (χ0n) is 10.9. The van der Waals surface area contributed by atoms with E-state index >= 15 is 0 Å². The first-order chi connectivity index (χ1) is 9.13. The molecule has 104 valence electrons. The number of esters is 1. The maximum absolute atomic E-state index is 11.8. The maximum Gasteiger partial charge on any atom is 0.358 e. The lowest BCUT2D eigenvalue weighted by Crippen LogP contribution is -2.30. The van der Waals surface area contributed by atoms with Crippen LogP contribution in [0.5, 0.6) is 0 Å². The molecule has 0 saturated carbocycles. The molecule has 1 aromatic rings. The van der Waals surface area contributed by atoms with E-state index in [4.69, 9.17) is 4.74 Å². The third-order valence-electron chi connectivity index (χ3n) is 2.65. The lowest BCUT2D eigenvalue weighted by Gasteiger charge is -2.20. The van der Waals surface area contributed by atoms with E-state index in [0.717, 1.165) is 23.1 Å². The van der Waals surface area contributed by atoms with E-state index in [0.29, 0.717) is 4.88 Å². The number of nitrogens with zero attached hydrogens (tertiary/aromatic N) is 1. The third-order valence-corrected chi connectivity index (χ3v) is 4.98. The van der Waals surface area contributed by atoms with Crippen LogP contribution in [0.1, 0.15) is 45.1 Å². The van der Waals surface area contributed by atoms with Crippen LogP contribution in [0.25, 0.3) is 0 Å². The number of nitrogens with one attached hydrogen (secondary N) is 1. The summed E-state index contributed by atoms with van der Waals surface area (Å²) in [5.41, 5.74) is 0.159. The Balaban J connectivity index is 2.28. The molecule has 0 aliphatic carbocycles. The summed E-state index contributed by atoms with van der Waals surface area (Å²) in [7, 11) is 0. The molecular weight excluding hydrogens is 284 g/mol. The third kappa shape index (κ3) is 3.34. The van der Waals surface area contributed by atoms with Gasteiger partial charge < -0.3 is 10.1 Å². The van der Waals surface area contributed by atoms with E-state index in [1.165, 1.54) is 18.3 Å². The van der Waals surface area contributed by atoms with Crippen molar-refractivity contribution < 1.29 is 14.3 Å². The Hall–Kier alpha value is -0.920. The lowest BCUT2D eigenvalue weighted by atomic mass is 10.3. The summed E-state index contributed by atoms with van der Waals surface area (Å²) in [6.07, 6.45) is 0. The molecule has 1 unspecified atom stereocenters. The molecule has 1 N–H and O–H groups in total. The number of aromatic nitrogens is 1. The molecule has 0 amide bonds. The van der Waals surface area contributed by atoms with Crippen LogP contribution in [0.2, 0.25) is 0 Å². The SMILES string of the molecule is CCOC(=O)c1nc(C2CSCCN2)sc1C(C)=O. The van der Waals surface area contributed by atoms with Gasteiger partial charge in [-0.15, -0.1) is 11.3 Å². The molecule has 0 bridgehead atoms. The number of thioether (sulfide) groups is 1. The highest BCUT2D eigenvalue weighted by atomic mass is 32.2. The van der Waals surface area contributed by atoms with Gasteiger partial charge in [-0.05, 0) is 6.92 Å². The minimum Gasteiger partial charge on any atom is -0.461 e. The van der Waals surface area contributed by atoms with Crippen LogP contribution in [-0.4, -0.2) is 41.4 Å². The predicted octanol–water partition coefficient (Wildman–Crippen LogP) is 1.90. The van der Waals surface area contributed by atoms with Gasteiger partial charge in [-0.25, -0.2) is 9.78 Å². The van der Waals surface area contributed by atoms with Gasteiger partial charge in [0.25, 0.3) is 0 Å². The van der Waals surface area contributed by atoms with Gasteiger partial charge in [0.2, 0.25) is 0 Å². The molecule has 1 aromatic heterocycles. The second kappa shape index (κ2) is 6.49. The van der Waals surface area contributed by atoms with E-state index in [9.17, 15) is 9.59 Å². The van der Waals surface area contributed by atoms with Crippen molar-refractivity contribution in [1.82, 2.24) is 10.3 Å². The van der Waals surface area contributed by atoms with E-state index < -0.39 is 5.97 Å². The highest BCUT2D eigenvalue weighted by Gasteiger charge is 2.26. The van der Waals surface area contributed by atoms with E-state index in [2.05, 4.69) is 10.3 Å². The summed E-state index contributed by atoms with van der Waals surface area (Å²) >= 11 is 3.13. The summed E-state index contributed by atoms with van der Waals surface area (Å²) in [6.45, 7) is 4.38. The molecule has 5 nitrogen and oxygen atoms in total. The summed E-state index contributed by atoms with van der Waals surface area (Å²) in [5, 5.41) is 4.14. The van der Waals surface area contributed by atoms with Crippen molar-refractivity contribution in [3.8, 4) is 0 Å². The van der Waals surface area contributed by atoms with Crippen LogP contribution >= 0.6 is 23.1 Å². The van der Waals surface area contributed by atoms with E-state index in [1.807, 2.05) is 11.8 Å². The van der Waals surface area contributed by atoms with Gasteiger partial charge in [0.05, 0.1) is 12.6 Å². The Labute approximate surface area is 120 Å². The molecule has 2 heterocycles. The highest BCUT2D eigenvalue weighted by molar-refractivity contribution is 7.99. The Bertz CT molecular complexity index is 481. The number of thiazole rings is 1. The van der Waals surface area contributed by atoms with E-state index in [-0.39, 0.29) is 24.1 Å². The molecule has 1 aliphatic heterocycles. The van der Waals surface area contributed by atoms with Crippen LogP contribution in [0.3, 0.4) is 0 Å². The summed E-state index contributed by atoms with van der Waals surface area (Å²) in [6, 6.07) is 0.116. The fraction of sp³-hybridized carbons (Fsp3) is 0.583.